The van der Waals surface area contributed by atoms with E-state index >= 15 is 0 Å². The molecule has 0 radical (unpaired) electrons. The van der Waals surface area contributed by atoms with Crippen LogP contribution in [0, 0.1) is 12.8 Å². The van der Waals surface area contributed by atoms with Crippen molar-refractivity contribution in [2.24, 2.45) is 5.92 Å². The van der Waals surface area contributed by atoms with Crippen LogP contribution in [0.2, 0.25) is 0 Å². The first-order chi connectivity index (χ1) is 11.2. The Morgan fingerprint density at radius 1 is 1.26 bits per heavy atom. The van der Waals surface area contributed by atoms with Crippen molar-refractivity contribution in [2.45, 2.75) is 32.1 Å². The highest BCUT2D eigenvalue weighted by Gasteiger charge is 2.33. The predicted molar refractivity (Wildman–Crippen MR) is 91.5 cm³/mol. The lowest BCUT2D eigenvalue weighted by Gasteiger charge is -2.26. The molecule has 1 unspecified atom stereocenters. The fraction of sp³-hybridized carbons (Fsp3) is 0.632. The summed E-state index contributed by atoms with van der Waals surface area (Å²) in [6.07, 6.45) is 3.15. The van der Waals surface area contributed by atoms with Crippen LogP contribution >= 0.6 is 0 Å². The van der Waals surface area contributed by atoms with E-state index in [-0.39, 0.29) is 5.91 Å². The van der Waals surface area contributed by atoms with Gasteiger partial charge in [0.2, 0.25) is 5.91 Å². The number of hydrogen-bond donors (Lipinski definition) is 1. The lowest BCUT2D eigenvalue weighted by molar-refractivity contribution is -0.121. The largest absolute Gasteiger partial charge is 0.379 e. The van der Waals surface area contributed by atoms with E-state index < -0.39 is 0 Å². The van der Waals surface area contributed by atoms with Gasteiger partial charge < -0.3 is 10.1 Å². The molecule has 1 atom stereocenters. The maximum absolute atomic E-state index is 12.3. The molecule has 1 saturated heterocycles. The first-order valence-corrected chi connectivity index (χ1v) is 8.86. The second-order valence-corrected chi connectivity index (χ2v) is 6.86. The average Bonchev–Trinajstić information content (AvgIpc) is 3.39. The third-order valence-electron chi connectivity index (χ3n) is 4.96. The molecule has 0 spiro atoms. The molecule has 4 heteroatoms. The van der Waals surface area contributed by atoms with Crippen LogP contribution in [0.5, 0.6) is 0 Å². The normalized spacial score (nSPS) is 20.2. The number of carbonyl (C=O) groups is 1. The van der Waals surface area contributed by atoms with Gasteiger partial charge in [0.05, 0.1) is 13.2 Å². The molecule has 1 aliphatic carbocycles. The average molecular weight is 316 g/mol. The van der Waals surface area contributed by atoms with Crippen LogP contribution in [-0.2, 0) is 9.53 Å². The third kappa shape index (κ3) is 5.05. The third-order valence-corrected chi connectivity index (χ3v) is 4.96. The maximum atomic E-state index is 12.3. The van der Waals surface area contributed by atoms with Crippen molar-refractivity contribution in [3.63, 3.8) is 0 Å². The minimum Gasteiger partial charge on any atom is -0.379 e. The molecule has 1 aliphatic heterocycles. The number of morpholine rings is 1. The number of hydrogen-bond acceptors (Lipinski definition) is 3. The van der Waals surface area contributed by atoms with E-state index in [4.69, 9.17) is 4.74 Å². The molecule has 1 aromatic carbocycles. The Bertz CT molecular complexity index is 505. The molecule has 3 rings (SSSR count). The molecule has 0 aromatic heterocycles. The summed E-state index contributed by atoms with van der Waals surface area (Å²) in [5.41, 5.74) is 2.60. The molecule has 1 N–H and O–H groups in total. The van der Waals surface area contributed by atoms with Crippen LogP contribution in [-0.4, -0.2) is 50.2 Å². The Morgan fingerprint density at radius 2 is 1.96 bits per heavy atom. The van der Waals surface area contributed by atoms with Gasteiger partial charge in [-0.3, -0.25) is 9.69 Å². The molecule has 126 valence electrons. The van der Waals surface area contributed by atoms with E-state index in [9.17, 15) is 4.79 Å². The molecule has 2 aliphatic rings. The van der Waals surface area contributed by atoms with Gasteiger partial charge in [-0.15, -0.1) is 0 Å². The first-order valence-electron chi connectivity index (χ1n) is 8.86. The van der Waals surface area contributed by atoms with Crippen LogP contribution < -0.4 is 5.32 Å². The fourth-order valence-corrected chi connectivity index (χ4v) is 3.32. The number of benzene rings is 1. The van der Waals surface area contributed by atoms with Crippen LogP contribution in [0.15, 0.2) is 24.3 Å². The Kier molecular flexibility index (Phi) is 5.68. The van der Waals surface area contributed by atoms with E-state index in [1.165, 1.54) is 24.0 Å². The highest BCUT2D eigenvalue weighted by Crippen LogP contribution is 2.44. The molecule has 1 amide bonds. The van der Waals surface area contributed by atoms with E-state index in [0.717, 1.165) is 39.4 Å². The van der Waals surface area contributed by atoms with Gasteiger partial charge in [-0.2, -0.15) is 0 Å². The topological polar surface area (TPSA) is 41.6 Å². The number of nitrogens with zero attached hydrogens (tertiary/aromatic N) is 1. The van der Waals surface area contributed by atoms with Gasteiger partial charge in [-0.25, -0.2) is 0 Å². The van der Waals surface area contributed by atoms with Crippen molar-refractivity contribution >= 4 is 5.91 Å². The van der Waals surface area contributed by atoms with Crippen molar-refractivity contribution in [2.75, 3.05) is 39.4 Å². The zero-order valence-electron chi connectivity index (χ0n) is 14.1. The molecule has 1 saturated carbocycles. The zero-order valence-corrected chi connectivity index (χ0v) is 14.1. The van der Waals surface area contributed by atoms with Gasteiger partial charge >= 0.3 is 0 Å². The summed E-state index contributed by atoms with van der Waals surface area (Å²) in [6, 6.07) is 8.70. The van der Waals surface area contributed by atoms with E-state index in [1.807, 2.05) is 0 Å². The molecular formula is C19H28N2O2. The predicted octanol–water partition coefficient (Wildman–Crippen LogP) is 2.33. The van der Waals surface area contributed by atoms with Gasteiger partial charge in [-0.1, -0.05) is 29.8 Å². The van der Waals surface area contributed by atoms with Crippen molar-refractivity contribution in [1.29, 1.82) is 0 Å². The smallest absolute Gasteiger partial charge is 0.220 e. The second-order valence-electron chi connectivity index (χ2n) is 6.86. The van der Waals surface area contributed by atoms with Gasteiger partial charge in [-0.05, 0) is 37.2 Å². The minimum absolute atomic E-state index is 0.190. The summed E-state index contributed by atoms with van der Waals surface area (Å²) >= 11 is 0. The summed E-state index contributed by atoms with van der Waals surface area (Å²) in [7, 11) is 0. The molecule has 1 aromatic rings. The van der Waals surface area contributed by atoms with Crippen molar-refractivity contribution in [3.05, 3.63) is 35.4 Å². The summed E-state index contributed by atoms with van der Waals surface area (Å²) in [4.78, 5) is 14.7. The van der Waals surface area contributed by atoms with Gasteiger partial charge in [0.15, 0.2) is 0 Å². The number of amides is 1. The summed E-state index contributed by atoms with van der Waals surface area (Å²) in [5, 5.41) is 3.10. The maximum Gasteiger partial charge on any atom is 0.220 e. The number of ether oxygens (including phenoxy) is 1. The number of nitrogens with one attached hydrogen (secondary N) is 1. The fourth-order valence-electron chi connectivity index (χ4n) is 3.32. The van der Waals surface area contributed by atoms with Crippen molar-refractivity contribution in [3.8, 4) is 0 Å². The molecule has 23 heavy (non-hydrogen) atoms. The number of rotatable bonds is 7. The Morgan fingerprint density at radius 3 is 2.61 bits per heavy atom. The monoisotopic (exact) mass is 316 g/mol. The Labute approximate surface area is 139 Å². The van der Waals surface area contributed by atoms with Crippen LogP contribution in [0.1, 0.15) is 36.3 Å². The van der Waals surface area contributed by atoms with Crippen LogP contribution in [0.25, 0.3) is 0 Å². The van der Waals surface area contributed by atoms with Crippen LogP contribution in [0.4, 0.5) is 0 Å². The summed E-state index contributed by atoms with van der Waals surface area (Å²) in [5.74, 6) is 1.28. The SMILES string of the molecule is Cc1ccc(C(CC(=O)NCCN2CCOCC2)C2CC2)cc1. The standard InChI is InChI=1S/C19H28N2O2/c1-15-2-4-16(5-3-15)18(17-6-7-17)14-19(22)20-8-9-21-10-12-23-13-11-21/h2-5,17-18H,6-14H2,1H3,(H,20,22). The van der Waals surface area contributed by atoms with Gasteiger partial charge in [0, 0.05) is 32.6 Å². The second kappa shape index (κ2) is 7.93. The van der Waals surface area contributed by atoms with Gasteiger partial charge in [0.25, 0.3) is 0 Å². The molecule has 4 nitrogen and oxygen atoms in total. The van der Waals surface area contributed by atoms with E-state index in [1.54, 1.807) is 0 Å². The Hall–Kier alpha value is -1.39. The quantitative estimate of drug-likeness (QED) is 0.839. The lowest BCUT2D eigenvalue weighted by atomic mass is 9.90. The highest BCUT2D eigenvalue weighted by atomic mass is 16.5. The zero-order chi connectivity index (χ0) is 16.1. The molecular weight excluding hydrogens is 288 g/mol. The number of carbonyl (C=O) groups excluding carboxylic acids is 1. The summed E-state index contributed by atoms with van der Waals surface area (Å²) < 4.78 is 5.34. The molecule has 0 bridgehead atoms. The van der Waals surface area contributed by atoms with Gasteiger partial charge in [0.1, 0.15) is 0 Å². The van der Waals surface area contributed by atoms with E-state index in [0.29, 0.717) is 18.3 Å². The molecule has 1 heterocycles. The minimum atomic E-state index is 0.190. The summed E-state index contributed by atoms with van der Waals surface area (Å²) in [6.45, 7) is 7.34. The van der Waals surface area contributed by atoms with Crippen molar-refractivity contribution < 1.29 is 9.53 Å². The van der Waals surface area contributed by atoms with E-state index in [2.05, 4.69) is 41.4 Å². The van der Waals surface area contributed by atoms with Crippen molar-refractivity contribution in [1.82, 2.24) is 10.2 Å². The lowest BCUT2D eigenvalue weighted by Crippen LogP contribution is -2.41. The number of aryl methyl sites for hydroxylation is 1. The first kappa shape index (κ1) is 16.5. The molecule has 2 fully saturated rings. The Balaban J connectivity index is 1.45. The van der Waals surface area contributed by atoms with Crippen LogP contribution in [0.3, 0.4) is 0 Å². The highest BCUT2D eigenvalue weighted by molar-refractivity contribution is 5.77.